The lowest BCUT2D eigenvalue weighted by Gasteiger charge is -2.38. The van der Waals surface area contributed by atoms with E-state index >= 15 is 0 Å². The molecule has 1 aromatic rings. The van der Waals surface area contributed by atoms with Crippen LogP contribution in [0.5, 0.6) is 0 Å². The van der Waals surface area contributed by atoms with E-state index < -0.39 is 0 Å². The Morgan fingerprint density at radius 1 is 1.26 bits per heavy atom. The van der Waals surface area contributed by atoms with Gasteiger partial charge in [-0.3, -0.25) is 4.79 Å². The van der Waals surface area contributed by atoms with E-state index in [9.17, 15) is 4.79 Å². The molecule has 0 heterocycles. The van der Waals surface area contributed by atoms with Gasteiger partial charge in [0.25, 0.3) is 5.91 Å². The van der Waals surface area contributed by atoms with Crippen LogP contribution in [-0.4, -0.2) is 28.7 Å². The smallest absolute Gasteiger partial charge is 0.254 e. The molecule has 0 bridgehead atoms. The summed E-state index contributed by atoms with van der Waals surface area (Å²) in [6.07, 6.45) is 3.56. The van der Waals surface area contributed by atoms with Crippen molar-refractivity contribution in [1.82, 2.24) is 4.90 Å². The van der Waals surface area contributed by atoms with Crippen LogP contribution in [0.3, 0.4) is 0 Å². The first kappa shape index (κ1) is 14.6. The normalized spacial score (nSPS) is 15.2. The van der Waals surface area contributed by atoms with Crippen LogP contribution in [0.4, 0.5) is 0 Å². The average Bonchev–Trinajstić information content (AvgIpc) is 2.24. The summed E-state index contributed by atoms with van der Waals surface area (Å²) < 4.78 is 0. The van der Waals surface area contributed by atoms with Crippen molar-refractivity contribution in [2.45, 2.75) is 46.1 Å². The standard InChI is InChI=1S/C16H22BrNO/c1-11-9-12(2)15(13(3)10-11)16(19)18(8-7-17)14-5-4-6-14/h9-10,14H,4-8H2,1-3H3. The molecule has 2 nitrogen and oxygen atoms in total. The van der Waals surface area contributed by atoms with Gasteiger partial charge in [0.1, 0.15) is 0 Å². The molecule has 104 valence electrons. The zero-order valence-electron chi connectivity index (χ0n) is 12.0. The number of halogens is 1. The Morgan fingerprint density at radius 3 is 2.26 bits per heavy atom. The Hall–Kier alpha value is -0.830. The van der Waals surface area contributed by atoms with Crippen molar-refractivity contribution in [3.8, 4) is 0 Å². The first-order valence-corrected chi connectivity index (χ1v) is 8.11. The Kier molecular flexibility index (Phi) is 4.67. The lowest BCUT2D eigenvalue weighted by molar-refractivity contribution is 0.0598. The summed E-state index contributed by atoms with van der Waals surface area (Å²) in [7, 11) is 0. The van der Waals surface area contributed by atoms with Gasteiger partial charge in [-0.05, 0) is 51.2 Å². The second-order valence-electron chi connectivity index (χ2n) is 5.55. The molecule has 19 heavy (non-hydrogen) atoms. The van der Waals surface area contributed by atoms with Crippen LogP contribution in [0.15, 0.2) is 12.1 Å². The number of alkyl halides is 1. The predicted octanol–water partition coefficient (Wildman–Crippen LogP) is 4.00. The fourth-order valence-corrected chi connectivity index (χ4v) is 3.28. The molecule has 0 N–H and O–H groups in total. The largest absolute Gasteiger partial charge is 0.335 e. The van der Waals surface area contributed by atoms with E-state index in [1.807, 2.05) is 13.8 Å². The number of amides is 1. The van der Waals surface area contributed by atoms with Gasteiger partial charge in [0.15, 0.2) is 0 Å². The molecule has 0 atom stereocenters. The maximum Gasteiger partial charge on any atom is 0.254 e. The number of benzene rings is 1. The van der Waals surface area contributed by atoms with Crippen molar-refractivity contribution < 1.29 is 4.79 Å². The zero-order valence-corrected chi connectivity index (χ0v) is 13.6. The number of hydrogen-bond acceptors (Lipinski definition) is 1. The molecule has 0 radical (unpaired) electrons. The third-order valence-corrected chi connectivity index (χ3v) is 4.35. The number of rotatable bonds is 4. The minimum absolute atomic E-state index is 0.208. The average molecular weight is 324 g/mol. The lowest BCUT2D eigenvalue weighted by Crippen LogP contribution is -2.45. The summed E-state index contributed by atoms with van der Waals surface area (Å²) in [5, 5.41) is 0.846. The Balaban J connectivity index is 2.31. The first-order valence-electron chi connectivity index (χ1n) is 6.99. The van der Waals surface area contributed by atoms with E-state index in [1.165, 1.54) is 12.0 Å². The topological polar surface area (TPSA) is 20.3 Å². The zero-order chi connectivity index (χ0) is 14.0. The van der Waals surface area contributed by atoms with Gasteiger partial charge >= 0.3 is 0 Å². The highest BCUT2D eigenvalue weighted by molar-refractivity contribution is 9.09. The summed E-state index contributed by atoms with van der Waals surface area (Å²) in [5.41, 5.74) is 4.32. The van der Waals surface area contributed by atoms with Crippen molar-refractivity contribution in [3.63, 3.8) is 0 Å². The van der Waals surface area contributed by atoms with Gasteiger partial charge < -0.3 is 4.90 Å². The van der Waals surface area contributed by atoms with Gasteiger partial charge in [-0.15, -0.1) is 0 Å². The molecule has 2 rings (SSSR count). The SMILES string of the molecule is Cc1cc(C)c(C(=O)N(CCBr)C2CCC2)c(C)c1. The molecular weight excluding hydrogens is 302 g/mol. The van der Waals surface area contributed by atoms with Crippen molar-refractivity contribution in [2.24, 2.45) is 0 Å². The van der Waals surface area contributed by atoms with E-state index in [0.717, 1.165) is 41.4 Å². The molecule has 0 aliphatic heterocycles. The second kappa shape index (κ2) is 6.08. The third kappa shape index (κ3) is 3.02. The summed E-state index contributed by atoms with van der Waals surface area (Å²) >= 11 is 3.47. The van der Waals surface area contributed by atoms with E-state index in [1.54, 1.807) is 0 Å². The van der Waals surface area contributed by atoms with Crippen LogP contribution in [0, 0.1) is 20.8 Å². The number of carbonyl (C=O) groups excluding carboxylic acids is 1. The highest BCUT2D eigenvalue weighted by Gasteiger charge is 2.30. The highest BCUT2D eigenvalue weighted by atomic mass is 79.9. The maximum atomic E-state index is 12.8. The summed E-state index contributed by atoms with van der Waals surface area (Å²) in [4.78, 5) is 14.9. The van der Waals surface area contributed by atoms with E-state index in [4.69, 9.17) is 0 Å². The molecule has 0 aromatic heterocycles. The minimum atomic E-state index is 0.208. The minimum Gasteiger partial charge on any atom is -0.335 e. The molecule has 0 spiro atoms. The van der Waals surface area contributed by atoms with Gasteiger partial charge in [-0.25, -0.2) is 0 Å². The molecule has 1 amide bonds. The molecule has 0 saturated heterocycles. The van der Waals surface area contributed by atoms with Gasteiger partial charge in [-0.2, -0.15) is 0 Å². The maximum absolute atomic E-state index is 12.8. The number of nitrogens with zero attached hydrogens (tertiary/aromatic N) is 1. The van der Waals surface area contributed by atoms with Gasteiger partial charge in [0.05, 0.1) is 0 Å². The van der Waals surface area contributed by atoms with Gasteiger partial charge in [-0.1, -0.05) is 33.6 Å². The van der Waals surface area contributed by atoms with Gasteiger partial charge in [0.2, 0.25) is 0 Å². The first-order chi connectivity index (χ1) is 9.04. The molecule has 1 aromatic carbocycles. The Labute approximate surface area is 124 Å². The molecule has 3 heteroatoms. The lowest BCUT2D eigenvalue weighted by atomic mass is 9.90. The molecule has 0 unspecified atom stereocenters. The summed E-state index contributed by atoms with van der Waals surface area (Å²) in [6, 6.07) is 4.66. The van der Waals surface area contributed by atoms with E-state index in [-0.39, 0.29) is 5.91 Å². The Morgan fingerprint density at radius 2 is 1.84 bits per heavy atom. The molecule has 1 saturated carbocycles. The molecule has 1 aliphatic rings. The highest BCUT2D eigenvalue weighted by Crippen LogP contribution is 2.28. The van der Waals surface area contributed by atoms with E-state index in [0.29, 0.717) is 6.04 Å². The van der Waals surface area contributed by atoms with E-state index in [2.05, 4.69) is 39.9 Å². The number of hydrogen-bond donors (Lipinski definition) is 0. The number of aryl methyl sites for hydroxylation is 3. The summed E-state index contributed by atoms with van der Waals surface area (Å²) in [6.45, 7) is 6.97. The Bertz CT molecular complexity index is 457. The molecular formula is C16H22BrNO. The van der Waals surface area contributed by atoms with Crippen molar-refractivity contribution in [2.75, 3.05) is 11.9 Å². The van der Waals surface area contributed by atoms with Crippen molar-refractivity contribution >= 4 is 21.8 Å². The molecule has 1 aliphatic carbocycles. The van der Waals surface area contributed by atoms with Crippen LogP contribution in [-0.2, 0) is 0 Å². The predicted molar refractivity (Wildman–Crippen MR) is 83.1 cm³/mol. The monoisotopic (exact) mass is 323 g/mol. The summed E-state index contributed by atoms with van der Waals surface area (Å²) in [5.74, 6) is 0.208. The quantitative estimate of drug-likeness (QED) is 0.767. The van der Waals surface area contributed by atoms with Crippen LogP contribution in [0.25, 0.3) is 0 Å². The van der Waals surface area contributed by atoms with Crippen LogP contribution < -0.4 is 0 Å². The molecule has 1 fully saturated rings. The fourth-order valence-electron chi connectivity index (χ4n) is 2.90. The second-order valence-corrected chi connectivity index (χ2v) is 6.34. The van der Waals surface area contributed by atoms with Crippen molar-refractivity contribution in [3.05, 3.63) is 34.4 Å². The van der Waals surface area contributed by atoms with Gasteiger partial charge in [0, 0.05) is 23.5 Å². The van der Waals surface area contributed by atoms with Crippen LogP contribution in [0.2, 0.25) is 0 Å². The third-order valence-electron chi connectivity index (χ3n) is 3.99. The number of carbonyl (C=O) groups is 1. The van der Waals surface area contributed by atoms with Crippen LogP contribution >= 0.6 is 15.9 Å². The fraction of sp³-hybridized carbons (Fsp3) is 0.562. The van der Waals surface area contributed by atoms with Crippen LogP contribution in [0.1, 0.15) is 46.3 Å². The van der Waals surface area contributed by atoms with Crippen molar-refractivity contribution in [1.29, 1.82) is 0 Å².